The molecule has 0 saturated carbocycles. The van der Waals surface area contributed by atoms with E-state index in [9.17, 15) is 10.1 Å². The van der Waals surface area contributed by atoms with Gasteiger partial charge in [-0.05, 0) is 16.1 Å². The van der Waals surface area contributed by atoms with E-state index in [1.165, 1.54) is 18.3 Å². The molecule has 6 heteroatoms. The molecule has 10 heavy (non-hydrogen) atoms. The minimum Gasteiger partial charge on any atom is -0.358 e. The molecule has 0 N–H and O–H groups in total. The molecule has 0 aliphatic carbocycles. The summed E-state index contributed by atoms with van der Waals surface area (Å²) in [5.41, 5.74) is 0. The van der Waals surface area contributed by atoms with Crippen molar-refractivity contribution >= 4 is 18.2 Å². The Balaban J connectivity index is 0.000000810. The minimum absolute atomic E-state index is 0. The summed E-state index contributed by atoms with van der Waals surface area (Å²) in [6.45, 7) is 0. The number of aromatic nitrogens is 2. The van der Waals surface area contributed by atoms with Gasteiger partial charge in [-0.3, -0.25) is 0 Å². The lowest BCUT2D eigenvalue weighted by Crippen LogP contribution is -1.91. The van der Waals surface area contributed by atoms with Crippen LogP contribution in [-0.4, -0.2) is 15.1 Å². The first-order valence-electron chi connectivity index (χ1n) is 2.23. The van der Waals surface area contributed by atoms with Crippen molar-refractivity contribution in [3.63, 3.8) is 0 Å². The average molecular weight is 162 g/mol. The Bertz CT molecular complexity index is 215. The molecule has 1 heterocycles. The predicted octanol–water partition coefficient (Wildman–Crippen LogP) is 0.807. The number of halogens is 1. The molecule has 54 valence electrons. The summed E-state index contributed by atoms with van der Waals surface area (Å²) in [7, 11) is 0. The van der Waals surface area contributed by atoms with Crippen molar-refractivity contribution in [2.24, 2.45) is 0 Å². The normalized spacial score (nSPS) is 8.00. The molecular weight excluding hydrogens is 158 g/mol. The summed E-state index contributed by atoms with van der Waals surface area (Å²) in [4.78, 5) is 9.31. The molecule has 0 aliphatic rings. The van der Waals surface area contributed by atoms with Gasteiger partial charge >= 0.3 is 5.82 Å². The van der Waals surface area contributed by atoms with Crippen molar-refractivity contribution in [1.29, 1.82) is 0 Å². The number of rotatable bonds is 1. The molecule has 1 aromatic rings. The zero-order chi connectivity index (χ0) is 6.69. The third-order valence-corrected chi connectivity index (χ3v) is 0.745. The Morgan fingerprint density at radius 2 is 2.30 bits per heavy atom. The second-order valence-electron chi connectivity index (χ2n) is 1.34. The fraction of sp³-hybridized carbons (Fsp3) is 0. The molecule has 0 fully saturated rings. The highest BCUT2D eigenvalue weighted by Crippen LogP contribution is 1.99. The molecule has 0 aromatic carbocycles. The third kappa shape index (κ3) is 1.94. The van der Waals surface area contributed by atoms with Gasteiger partial charge in [0.15, 0.2) is 0 Å². The van der Waals surface area contributed by atoms with Crippen molar-refractivity contribution in [3.8, 4) is 0 Å². The molecule has 0 atom stereocenters. The van der Waals surface area contributed by atoms with E-state index in [-0.39, 0.29) is 18.2 Å². The van der Waals surface area contributed by atoms with Crippen LogP contribution in [0.4, 0.5) is 5.82 Å². The Morgan fingerprint density at radius 3 is 2.60 bits per heavy atom. The van der Waals surface area contributed by atoms with Crippen LogP contribution in [0.1, 0.15) is 0 Å². The van der Waals surface area contributed by atoms with Crippen LogP contribution in [0.15, 0.2) is 18.3 Å². The van der Waals surface area contributed by atoms with Crippen molar-refractivity contribution in [2.75, 3.05) is 0 Å². The van der Waals surface area contributed by atoms with E-state index in [0.29, 0.717) is 0 Å². The van der Waals surface area contributed by atoms with Gasteiger partial charge in [0, 0.05) is 6.07 Å². The van der Waals surface area contributed by atoms with Crippen LogP contribution in [0.3, 0.4) is 0 Å². The maximum Gasteiger partial charge on any atom is 0.390 e. The largest absolute Gasteiger partial charge is 0.390 e. The molecular formula is C4H4ClN3O2. The molecule has 0 radical (unpaired) electrons. The van der Waals surface area contributed by atoms with Crippen LogP contribution < -0.4 is 0 Å². The van der Waals surface area contributed by atoms with Crippen LogP contribution in [0.5, 0.6) is 0 Å². The predicted molar refractivity (Wildman–Crippen MR) is 35.9 cm³/mol. The van der Waals surface area contributed by atoms with Gasteiger partial charge in [-0.2, -0.15) is 0 Å². The van der Waals surface area contributed by atoms with Crippen LogP contribution >= 0.6 is 12.4 Å². The second-order valence-corrected chi connectivity index (χ2v) is 1.34. The van der Waals surface area contributed by atoms with Crippen molar-refractivity contribution < 1.29 is 4.92 Å². The molecule has 0 saturated heterocycles. The fourth-order valence-corrected chi connectivity index (χ4v) is 0.391. The molecule has 1 aromatic heterocycles. The maximum absolute atomic E-state index is 9.90. The maximum atomic E-state index is 9.90. The van der Waals surface area contributed by atoms with E-state index in [0.717, 1.165) is 0 Å². The average Bonchev–Trinajstić information content (AvgIpc) is 1.90. The lowest BCUT2D eigenvalue weighted by Gasteiger charge is -1.85. The van der Waals surface area contributed by atoms with Gasteiger partial charge in [0.05, 0.1) is 11.3 Å². The Morgan fingerprint density at radius 1 is 1.60 bits per heavy atom. The molecule has 0 aliphatic heterocycles. The molecule has 0 spiro atoms. The summed E-state index contributed by atoms with van der Waals surface area (Å²) in [6, 6.07) is 2.75. The second kappa shape index (κ2) is 3.73. The van der Waals surface area contributed by atoms with E-state index in [1.54, 1.807) is 0 Å². The van der Waals surface area contributed by atoms with Gasteiger partial charge in [0.2, 0.25) is 0 Å². The third-order valence-electron chi connectivity index (χ3n) is 0.745. The lowest BCUT2D eigenvalue weighted by atomic mass is 10.5. The Hall–Kier alpha value is -1.23. The quantitative estimate of drug-likeness (QED) is 0.451. The zero-order valence-corrected chi connectivity index (χ0v) is 5.61. The van der Waals surface area contributed by atoms with Crippen LogP contribution in [0, 0.1) is 10.1 Å². The molecule has 0 amide bonds. The summed E-state index contributed by atoms with van der Waals surface area (Å²) < 4.78 is 0. The zero-order valence-electron chi connectivity index (χ0n) is 4.80. The van der Waals surface area contributed by atoms with E-state index >= 15 is 0 Å². The van der Waals surface area contributed by atoms with Crippen LogP contribution in [-0.2, 0) is 0 Å². The van der Waals surface area contributed by atoms with Gasteiger partial charge in [0.1, 0.15) is 0 Å². The highest BCUT2D eigenvalue weighted by atomic mass is 35.5. The number of nitro groups is 1. The monoisotopic (exact) mass is 161 g/mol. The highest BCUT2D eigenvalue weighted by molar-refractivity contribution is 5.85. The van der Waals surface area contributed by atoms with Gasteiger partial charge in [-0.25, -0.2) is 0 Å². The van der Waals surface area contributed by atoms with Gasteiger partial charge < -0.3 is 10.1 Å². The van der Waals surface area contributed by atoms with E-state index < -0.39 is 4.92 Å². The number of hydrogen-bond donors (Lipinski definition) is 0. The summed E-state index contributed by atoms with van der Waals surface area (Å²) in [6.07, 6.45) is 1.38. The van der Waals surface area contributed by atoms with Gasteiger partial charge in [-0.1, -0.05) is 0 Å². The van der Waals surface area contributed by atoms with E-state index in [2.05, 4.69) is 10.2 Å². The number of nitrogens with zero attached hydrogens (tertiary/aromatic N) is 3. The molecule has 0 bridgehead atoms. The van der Waals surface area contributed by atoms with E-state index in [4.69, 9.17) is 0 Å². The van der Waals surface area contributed by atoms with Crippen LogP contribution in [0.2, 0.25) is 0 Å². The van der Waals surface area contributed by atoms with Crippen molar-refractivity contribution in [2.45, 2.75) is 0 Å². The fourth-order valence-electron chi connectivity index (χ4n) is 0.391. The first-order valence-corrected chi connectivity index (χ1v) is 2.23. The van der Waals surface area contributed by atoms with Gasteiger partial charge in [-0.15, -0.1) is 12.4 Å². The first kappa shape index (κ1) is 8.77. The Labute approximate surface area is 62.6 Å². The summed E-state index contributed by atoms with van der Waals surface area (Å²) in [5.74, 6) is -0.225. The summed E-state index contributed by atoms with van der Waals surface area (Å²) >= 11 is 0. The Kier molecular flexibility index (Phi) is 3.27. The summed E-state index contributed by atoms with van der Waals surface area (Å²) in [5, 5.41) is 16.4. The topological polar surface area (TPSA) is 68.9 Å². The minimum atomic E-state index is -0.590. The first-order chi connectivity index (χ1) is 4.30. The highest BCUT2D eigenvalue weighted by Gasteiger charge is 2.02. The molecule has 1 rings (SSSR count). The van der Waals surface area contributed by atoms with Crippen molar-refractivity contribution in [3.05, 3.63) is 28.4 Å². The van der Waals surface area contributed by atoms with Gasteiger partial charge in [0.25, 0.3) is 0 Å². The SMILES string of the molecule is Cl.O=[N+]([O-])c1cccnn1. The molecule has 5 nitrogen and oxygen atoms in total. The number of hydrogen-bond acceptors (Lipinski definition) is 4. The smallest absolute Gasteiger partial charge is 0.358 e. The molecule has 0 unspecified atom stereocenters. The van der Waals surface area contributed by atoms with Crippen molar-refractivity contribution in [1.82, 2.24) is 10.2 Å². The van der Waals surface area contributed by atoms with Crippen LogP contribution in [0.25, 0.3) is 0 Å². The van der Waals surface area contributed by atoms with E-state index in [1.807, 2.05) is 0 Å². The lowest BCUT2D eigenvalue weighted by molar-refractivity contribution is -0.390. The standard InChI is InChI=1S/C4H3N3O2.ClH/c8-7(9)4-2-1-3-5-6-4;/h1-3H;1H.